The number of fused-ring (bicyclic) bond motifs is 3. The maximum absolute atomic E-state index is 9.98. The van der Waals surface area contributed by atoms with E-state index < -0.39 is 28.1 Å². The van der Waals surface area contributed by atoms with E-state index in [1.165, 1.54) is 21.1 Å². The fraction of sp³-hybridized carbons (Fsp3) is 0.0260. The number of aromatic nitrogens is 4. The van der Waals surface area contributed by atoms with E-state index in [2.05, 4.69) is 253 Å². The van der Waals surface area contributed by atoms with E-state index in [1.807, 2.05) is 36.4 Å². The van der Waals surface area contributed by atoms with Crippen molar-refractivity contribution in [3.05, 3.63) is 349 Å². The van der Waals surface area contributed by atoms with Crippen LogP contribution in [0, 0.1) is 0 Å². The van der Waals surface area contributed by atoms with Crippen molar-refractivity contribution in [2.75, 3.05) is 0 Å². The summed E-state index contributed by atoms with van der Waals surface area (Å²) in [6, 6.07) is 99.4. The fourth-order valence-electron chi connectivity index (χ4n) is 14.4. The van der Waals surface area contributed by atoms with Crippen LogP contribution in [0.3, 0.4) is 0 Å². The highest BCUT2D eigenvalue weighted by Gasteiger charge is 2.50. The Labute approximate surface area is 492 Å². The van der Waals surface area contributed by atoms with Crippen LogP contribution >= 0.6 is 0 Å². The van der Waals surface area contributed by atoms with Gasteiger partial charge in [-0.25, -0.2) is 4.98 Å². The third kappa shape index (κ3) is 7.39. The van der Waals surface area contributed by atoms with E-state index in [4.69, 9.17) is 16.3 Å². The second-order valence-corrected chi connectivity index (χ2v) is 29.1. The summed E-state index contributed by atoms with van der Waals surface area (Å²) < 4.78 is 49.7. The molecule has 83 heavy (non-hydrogen) atoms. The van der Waals surface area contributed by atoms with Gasteiger partial charge in [0.2, 0.25) is 5.95 Å². The molecule has 2 heterocycles. The van der Waals surface area contributed by atoms with Gasteiger partial charge in [-0.1, -0.05) is 303 Å². The van der Waals surface area contributed by atoms with Gasteiger partial charge < -0.3 is 0 Å². The molecular weight excluding hydrogens is 1040 g/mol. The summed E-state index contributed by atoms with van der Waals surface area (Å²) in [6.07, 6.45) is 0. The van der Waals surface area contributed by atoms with Crippen molar-refractivity contribution < 1.29 is 6.85 Å². The number of nitrogens with zero attached hydrogens (tertiary/aromatic N) is 4. The van der Waals surface area contributed by atoms with Crippen molar-refractivity contribution in [1.29, 1.82) is 0 Å². The van der Waals surface area contributed by atoms with Gasteiger partial charge in [0.1, 0.15) is 0 Å². The first-order chi connectivity index (χ1) is 43.3. The average molecular weight is 1100 g/mol. The molecule has 17 rings (SSSR count). The van der Waals surface area contributed by atoms with Crippen molar-refractivity contribution >= 4 is 79.4 Å². The normalized spacial score (nSPS) is 15.1. The molecule has 6 heteroatoms. The fourth-order valence-corrected chi connectivity index (χ4v) is 24.1. The first-order valence-electron chi connectivity index (χ1n) is 30.8. The Morgan fingerprint density at radius 2 is 0.687 bits per heavy atom. The Balaban J connectivity index is 1.02. The molecule has 0 spiro atoms. The van der Waals surface area contributed by atoms with E-state index in [1.54, 1.807) is 0 Å². The molecule has 3 aliphatic carbocycles. The molecule has 0 radical (unpaired) electrons. The molecule has 0 saturated carbocycles. The Hall–Kier alpha value is -10.1. The monoisotopic (exact) mass is 1100 g/mol. The molecule has 0 amide bonds. The maximum atomic E-state index is 9.98. The lowest BCUT2D eigenvalue weighted by molar-refractivity contribution is 0.758. The van der Waals surface area contributed by atoms with Crippen molar-refractivity contribution in [1.82, 2.24) is 19.5 Å². The van der Waals surface area contributed by atoms with Crippen LogP contribution in [0.4, 0.5) is 0 Å². The van der Waals surface area contributed by atoms with Crippen LogP contribution < -0.4 is 41.5 Å². The minimum absolute atomic E-state index is 0.195. The molecule has 390 valence electrons. The lowest BCUT2D eigenvalue weighted by atomic mass is 9.60. The van der Waals surface area contributed by atoms with Gasteiger partial charge in [0.25, 0.3) is 0 Å². The summed E-state index contributed by atoms with van der Waals surface area (Å²) in [5.74, 6) is 0.889. The standard InChI is InChI=1S/C77H54N4Si2/c1-7-29-53(30-8-1)82(54-31-9-2-10-32-54,55-33-11-3-12-34-55)69-51-26-23-45-63(69)75-78-76(80-77(79-75)81-67-49-24-21-41-59(67)60-42-22-25-50-68(60)81)66-48-27-46-64-71-61-43-19-20-44-62(61)74(72(64)66)73-65(71)47-28-52-70(73)83(56-35-13-4-14-36-56,57-37-15-5-16-38-57)58-39-17-6-18-40-58/h1-52,71,74H/i4D,13D,14D,35D,36D. The van der Waals surface area contributed by atoms with Crippen LogP contribution in [0.25, 0.3) is 50.5 Å². The highest BCUT2D eigenvalue weighted by molar-refractivity contribution is 7.21. The van der Waals surface area contributed by atoms with Gasteiger partial charge in [0.15, 0.2) is 27.8 Å². The van der Waals surface area contributed by atoms with Gasteiger partial charge in [-0.3, -0.25) is 4.57 Å². The van der Waals surface area contributed by atoms with Gasteiger partial charge in [0, 0.05) is 33.7 Å². The van der Waals surface area contributed by atoms with Gasteiger partial charge in [-0.05, 0) is 87.0 Å². The van der Waals surface area contributed by atoms with E-state index in [0.717, 1.165) is 81.5 Å². The maximum Gasteiger partial charge on any atom is 0.238 e. The zero-order chi connectivity index (χ0) is 59.3. The van der Waals surface area contributed by atoms with E-state index in [-0.39, 0.29) is 30.1 Å². The summed E-state index contributed by atoms with van der Waals surface area (Å²) >= 11 is 0. The molecule has 12 aromatic carbocycles. The molecule has 2 atom stereocenters. The van der Waals surface area contributed by atoms with Crippen molar-refractivity contribution in [3.8, 4) is 28.7 Å². The van der Waals surface area contributed by atoms with Gasteiger partial charge in [-0.2, -0.15) is 9.97 Å². The summed E-state index contributed by atoms with van der Waals surface area (Å²) in [5, 5.41) is 10.1. The van der Waals surface area contributed by atoms with Crippen LogP contribution in [0.2, 0.25) is 0 Å². The second-order valence-electron chi connectivity index (χ2n) is 21.6. The highest BCUT2D eigenvalue weighted by Crippen LogP contribution is 2.57. The van der Waals surface area contributed by atoms with Gasteiger partial charge in [-0.15, -0.1) is 0 Å². The number of para-hydroxylation sites is 2. The summed E-state index contributed by atoms with van der Waals surface area (Å²) in [4.78, 5) is 17.3. The molecule has 0 aliphatic heterocycles. The molecule has 0 fully saturated rings. The van der Waals surface area contributed by atoms with Crippen LogP contribution in [0.5, 0.6) is 0 Å². The molecule has 3 aliphatic rings. The predicted molar refractivity (Wildman–Crippen MR) is 347 cm³/mol. The number of hydrogen-bond acceptors (Lipinski definition) is 3. The zero-order valence-electron chi connectivity index (χ0n) is 50.1. The summed E-state index contributed by atoms with van der Waals surface area (Å²) in [6.45, 7) is 0. The van der Waals surface area contributed by atoms with E-state index in [9.17, 15) is 5.48 Å². The van der Waals surface area contributed by atoms with Gasteiger partial charge >= 0.3 is 0 Å². The predicted octanol–water partition coefficient (Wildman–Crippen LogP) is 12.0. The van der Waals surface area contributed by atoms with Crippen molar-refractivity contribution in [2.45, 2.75) is 11.8 Å². The third-order valence-corrected chi connectivity index (χ3v) is 27.1. The van der Waals surface area contributed by atoms with Crippen LogP contribution in [0.15, 0.2) is 315 Å². The third-order valence-electron chi connectivity index (χ3n) is 17.6. The highest BCUT2D eigenvalue weighted by atomic mass is 28.3. The van der Waals surface area contributed by atoms with Crippen LogP contribution in [0.1, 0.15) is 52.1 Å². The molecule has 2 unspecified atom stereocenters. The molecule has 2 bridgehead atoms. The lowest BCUT2D eigenvalue weighted by Gasteiger charge is -2.46. The average Bonchev–Trinajstić information content (AvgIpc) is 0.794. The Kier molecular flexibility index (Phi) is 10.4. The van der Waals surface area contributed by atoms with E-state index in [0.29, 0.717) is 22.8 Å². The lowest BCUT2D eigenvalue weighted by Crippen LogP contribution is -2.75. The minimum atomic E-state index is -3.93. The summed E-state index contributed by atoms with van der Waals surface area (Å²) in [7, 11) is -7.13. The first-order valence-corrected chi connectivity index (χ1v) is 32.3. The molecule has 14 aromatic rings. The van der Waals surface area contributed by atoms with Crippen LogP contribution in [-0.2, 0) is 0 Å². The van der Waals surface area contributed by atoms with Crippen molar-refractivity contribution in [2.24, 2.45) is 0 Å². The molecular formula is C77H54N4Si2. The Bertz CT molecular complexity index is 4850. The van der Waals surface area contributed by atoms with Crippen LogP contribution in [-0.4, -0.2) is 35.7 Å². The number of benzene rings is 12. The minimum Gasteiger partial charge on any atom is -0.278 e. The zero-order valence-corrected chi connectivity index (χ0v) is 47.1. The number of rotatable bonds is 11. The molecule has 0 saturated heterocycles. The molecule has 4 nitrogen and oxygen atoms in total. The quantitative estimate of drug-likeness (QED) is 0.0958. The van der Waals surface area contributed by atoms with Gasteiger partial charge in [0.05, 0.1) is 17.9 Å². The number of hydrogen-bond donors (Lipinski definition) is 0. The second kappa shape index (κ2) is 19.9. The molecule has 2 aromatic heterocycles. The Morgan fingerprint density at radius 3 is 1.23 bits per heavy atom. The topological polar surface area (TPSA) is 43.6 Å². The SMILES string of the molecule is [2H]c1c([2H])c([2H])c([Si](c2ccccc2)(c2ccccc2)c2cccc3c2C2c4ccccc4C3c3cccc(-c4nc(-c5ccccc5[Si](c5ccccc5)(c5ccccc5)c5ccccc5)nc(-n5c6ccccc6c6ccccc65)n4)c32)c([2H])c1[2H]. The van der Waals surface area contributed by atoms with E-state index >= 15 is 0 Å². The first kappa shape index (κ1) is 43.7. The largest absolute Gasteiger partial charge is 0.278 e. The molecule has 0 N–H and O–H groups in total. The summed E-state index contributed by atoms with van der Waals surface area (Å²) in [5.41, 5.74) is 10.5. The Morgan fingerprint density at radius 1 is 0.301 bits per heavy atom. The van der Waals surface area contributed by atoms with Crippen molar-refractivity contribution in [3.63, 3.8) is 0 Å². The smallest absolute Gasteiger partial charge is 0.238 e.